The molecule has 0 aliphatic carbocycles. The van der Waals surface area contributed by atoms with Gasteiger partial charge in [0, 0.05) is 31.2 Å². The summed E-state index contributed by atoms with van der Waals surface area (Å²) in [6.45, 7) is 1.84. The zero-order valence-electron chi connectivity index (χ0n) is 15.1. The first-order valence-corrected chi connectivity index (χ1v) is 9.21. The van der Waals surface area contributed by atoms with Crippen LogP contribution >= 0.6 is 0 Å². The molecular formula is C18H25BN2O6. The third-order valence-corrected chi connectivity index (χ3v) is 5.42. The number of aromatic carboxylic acids is 1. The van der Waals surface area contributed by atoms with Gasteiger partial charge in [-0.1, -0.05) is 12.1 Å². The van der Waals surface area contributed by atoms with Gasteiger partial charge in [-0.2, -0.15) is 0 Å². The molecule has 0 aromatic heterocycles. The third-order valence-electron chi connectivity index (χ3n) is 5.42. The average Bonchev–Trinajstić information content (AvgIpc) is 2.63. The van der Waals surface area contributed by atoms with Gasteiger partial charge in [-0.3, -0.25) is 9.69 Å². The topological polar surface area (TPSA) is 133 Å². The molecule has 0 spiro atoms. The summed E-state index contributed by atoms with van der Waals surface area (Å²) in [5, 5.41) is 29.4. The van der Waals surface area contributed by atoms with E-state index in [0.717, 1.165) is 0 Å². The zero-order valence-corrected chi connectivity index (χ0v) is 15.1. The second-order valence-electron chi connectivity index (χ2n) is 7.40. The molecule has 1 fully saturated rings. The lowest BCUT2D eigenvalue weighted by molar-refractivity contribution is -0.121. The van der Waals surface area contributed by atoms with Crippen molar-refractivity contribution in [3.8, 4) is 5.75 Å². The molecule has 1 aromatic rings. The molecule has 0 bridgehead atoms. The van der Waals surface area contributed by atoms with Gasteiger partial charge in [0.15, 0.2) is 0 Å². The first-order chi connectivity index (χ1) is 12.9. The monoisotopic (exact) mass is 376 g/mol. The molecule has 1 saturated heterocycles. The predicted octanol–water partition coefficient (Wildman–Crippen LogP) is -0.229. The van der Waals surface area contributed by atoms with Gasteiger partial charge in [-0.05, 0) is 31.0 Å². The van der Waals surface area contributed by atoms with E-state index in [-0.39, 0.29) is 36.0 Å². The number of ketones is 1. The number of nitrogens with zero attached hydrogens (tertiary/aromatic N) is 1. The number of hydrogen-bond acceptors (Lipinski definition) is 7. The number of carboxylic acid groups (broad SMARTS) is 1. The zero-order chi connectivity index (χ0) is 19.6. The van der Waals surface area contributed by atoms with Crippen LogP contribution in [0.15, 0.2) is 18.2 Å². The summed E-state index contributed by atoms with van der Waals surface area (Å²) in [5.41, 5.74) is 6.36. The van der Waals surface area contributed by atoms with Crippen molar-refractivity contribution >= 4 is 18.9 Å². The third kappa shape index (κ3) is 4.49. The minimum atomic E-state index is -1.22. The van der Waals surface area contributed by atoms with Crippen LogP contribution in [0.5, 0.6) is 5.75 Å². The van der Waals surface area contributed by atoms with Crippen molar-refractivity contribution < 1.29 is 29.5 Å². The van der Waals surface area contributed by atoms with Crippen LogP contribution in [-0.2, 0) is 11.2 Å². The molecule has 8 nitrogen and oxygen atoms in total. The number of rotatable bonds is 6. The van der Waals surface area contributed by atoms with Crippen LogP contribution in [0.4, 0.5) is 0 Å². The van der Waals surface area contributed by atoms with Crippen LogP contribution in [-0.4, -0.2) is 71.3 Å². The summed E-state index contributed by atoms with van der Waals surface area (Å²) in [7, 11) is -1.22. The van der Waals surface area contributed by atoms with Gasteiger partial charge in [0.05, 0.1) is 18.2 Å². The number of carboxylic acids is 1. The number of likely N-dealkylation sites (tertiary alicyclic amines) is 1. The Hall–Kier alpha value is -1.94. The molecule has 5 N–H and O–H groups in total. The summed E-state index contributed by atoms with van der Waals surface area (Å²) < 4.78 is 5.44. The van der Waals surface area contributed by atoms with E-state index in [1.54, 1.807) is 12.1 Å². The maximum Gasteiger partial charge on any atom is 0.526 e. The van der Waals surface area contributed by atoms with Gasteiger partial charge in [-0.25, -0.2) is 4.79 Å². The van der Waals surface area contributed by atoms with Crippen molar-refractivity contribution in [2.45, 2.75) is 31.2 Å². The average molecular weight is 376 g/mol. The van der Waals surface area contributed by atoms with Crippen LogP contribution in [0.3, 0.4) is 0 Å². The van der Waals surface area contributed by atoms with E-state index in [4.69, 9.17) is 10.4 Å². The summed E-state index contributed by atoms with van der Waals surface area (Å²) in [6, 6.07) is 4.81. The van der Waals surface area contributed by atoms with Crippen LogP contribution < -0.4 is 10.4 Å². The van der Waals surface area contributed by atoms with Crippen molar-refractivity contribution in [2.24, 2.45) is 11.7 Å². The summed E-state index contributed by atoms with van der Waals surface area (Å²) >= 11 is 0. The van der Waals surface area contributed by atoms with Crippen molar-refractivity contribution in [2.75, 3.05) is 26.2 Å². The van der Waals surface area contributed by atoms with E-state index in [9.17, 15) is 24.8 Å². The number of Topliss-reactive ketones (excluding diaryl/α,β-unsaturated/α-hetero) is 1. The lowest BCUT2D eigenvalue weighted by atomic mass is 9.64. The summed E-state index contributed by atoms with van der Waals surface area (Å²) in [6.07, 6.45) is 0.697. The van der Waals surface area contributed by atoms with Crippen LogP contribution in [0.2, 0.25) is 5.82 Å². The molecule has 2 unspecified atom stereocenters. The molecule has 27 heavy (non-hydrogen) atoms. The van der Waals surface area contributed by atoms with Gasteiger partial charge in [-0.15, -0.1) is 0 Å². The highest BCUT2D eigenvalue weighted by molar-refractivity contribution is 6.47. The van der Waals surface area contributed by atoms with Gasteiger partial charge in [0.1, 0.15) is 11.5 Å². The Kier molecular flexibility index (Phi) is 6.16. The largest absolute Gasteiger partial charge is 0.535 e. The van der Waals surface area contributed by atoms with E-state index in [0.29, 0.717) is 38.0 Å². The van der Waals surface area contributed by atoms with Gasteiger partial charge < -0.3 is 25.6 Å². The number of hydrogen-bond donors (Lipinski definition) is 4. The van der Waals surface area contributed by atoms with Crippen LogP contribution in [0.25, 0.3) is 0 Å². The number of aliphatic hydroxyl groups is 1. The fraction of sp³-hybridized carbons (Fsp3) is 0.556. The van der Waals surface area contributed by atoms with Gasteiger partial charge in [0.2, 0.25) is 0 Å². The highest BCUT2D eigenvalue weighted by atomic mass is 16.5. The van der Waals surface area contributed by atoms with Crippen molar-refractivity contribution in [1.29, 1.82) is 0 Å². The molecule has 2 heterocycles. The lowest BCUT2D eigenvalue weighted by Gasteiger charge is -2.35. The number of para-hydroxylation sites is 1. The summed E-state index contributed by atoms with van der Waals surface area (Å²) in [5.74, 6) is -1.41. The van der Waals surface area contributed by atoms with Gasteiger partial charge >= 0.3 is 13.1 Å². The molecular weight excluding hydrogens is 351 g/mol. The highest BCUT2D eigenvalue weighted by Crippen LogP contribution is 2.36. The fourth-order valence-electron chi connectivity index (χ4n) is 3.90. The van der Waals surface area contributed by atoms with E-state index >= 15 is 0 Å². The van der Waals surface area contributed by atoms with E-state index in [1.165, 1.54) is 6.07 Å². The molecule has 9 heteroatoms. The van der Waals surface area contributed by atoms with E-state index in [2.05, 4.69) is 0 Å². The first-order valence-electron chi connectivity index (χ1n) is 9.21. The smallest absolute Gasteiger partial charge is 0.526 e. The number of carbonyl (C=O) groups is 2. The minimum absolute atomic E-state index is 0.0102. The number of carbonyl (C=O) groups excluding carboxylic acids is 1. The predicted molar refractivity (Wildman–Crippen MR) is 98.7 cm³/mol. The van der Waals surface area contributed by atoms with Crippen LogP contribution in [0.1, 0.15) is 28.8 Å². The Morgan fingerprint density at radius 3 is 2.85 bits per heavy atom. The lowest BCUT2D eigenvalue weighted by Crippen LogP contribution is -2.48. The quantitative estimate of drug-likeness (QED) is 0.501. The second-order valence-corrected chi connectivity index (χ2v) is 7.40. The highest BCUT2D eigenvalue weighted by Gasteiger charge is 2.38. The van der Waals surface area contributed by atoms with Crippen molar-refractivity contribution in [1.82, 2.24) is 4.90 Å². The Balaban J connectivity index is 1.60. The number of piperidine rings is 1. The van der Waals surface area contributed by atoms with Crippen molar-refractivity contribution in [3.05, 3.63) is 29.3 Å². The molecule has 0 saturated carbocycles. The molecule has 3 atom stereocenters. The molecule has 3 rings (SSSR count). The normalized spacial score (nSPS) is 25.6. The number of nitrogens with two attached hydrogens (primary N) is 1. The SMILES string of the molecule is NCC1CN(CC(=O)C[C@H]2Cc3cccc(C(=O)O)c3OB2O)CCC1O. The molecule has 1 aromatic carbocycles. The number of benzene rings is 1. The van der Waals surface area contributed by atoms with E-state index in [1.807, 2.05) is 4.90 Å². The van der Waals surface area contributed by atoms with Gasteiger partial charge in [0.25, 0.3) is 0 Å². The molecule has 0 amide bonds. The minimum Gasteiger partial charge on any atom is -0.535 e. The van der Waals surface area contributed by atoms with Crippen LogP contribution in [0, 0.1) is 5.92 Å². The first kappa shape index (κ1) is 19.8. The Bertz CT molecular complexity index is 715. The Morgan fingerprint density at radius 2 is 2.15 bits per heavy atom. The number of aliphatic hydroxyl groups excluding tert-OH is 1. The molecule has 0 radical (unpaired) electrons. The molecule has 2 aliphatic rings. The Labute approximate surface area is 158 Å². The summed E-state index contributed by atoms with van der Waals surface area (Å²) in [4.78, 5) is 25.8. The maximum absolute atomic E-state index is 12.5. The second kappa shape index (κ2) is 8.39. The standard InChI is InChI=1S/C18H25BN2O6/c20-8-12-9-21(5-4-16(12)23)10-14(22)7-13-6-11-2-1-3-15(18(24)25)17(11)27-19(13)26/h1-3,12-13,16,23,26H,4-10,20H2,(H,24,25)/t12?,13-,16?/m1/s1. The number of fused-ring (bicyclic) bond motifs is 1. The maximum atomic E-state index is 12.5. The molecule has 2 aliphatic heterocycles. The van der Waals surface area contributed by atoms with Crippen molar-refractivity contribution in [3.63, 3.8) is 0 Å². The molecule has 146 valence electrons. The Morgan fingerprint density at radius 1 is 1.37 bits per heavy atom. The fourth-order valence-corrected chi connectivity index (χ4v) is 3.90. The van der Waals surface area contributed by atoms with E-state index < -0.39 is 25.0 Å².